The van der Waals surface area contributed by atoms with Crippen molar-refractivity contribution in [2.45, 2.75) is 31.5 Å². The van der Waals surface area contributed by atoms with Crippen LogP contribution in [-0.4, -0.2) is 35.2 Å². The molecule has 3 N–H and O–H groups in total. The number of nitrogens with one attached hydrogen (secondary N) is 2. The maximum atomic E-state index is 12.8. The van der Waals surface area contributed by atoms with E-state index in [4.69, 9.17) is 4.74 Å². The molecule has 0 aliphatic rings. The van der Waals surface area contributed by atoms with Gasteiger partial charge in [0.2, 0.25) is 5.91 Å². The van der Waals surface area contributed by atoms with Gasteiger partial charge in [-0.25, -0.2) is 9.59 Å². The molecule has 0 aliphatic heterocycles. The fourth-order valence-electron chi connectivity index (χ4n) is 2.66. The Morgan fingerprint density at radius 2 is 1.50 bits per heavy atom. The molecule has 7 nitrogen and oxygen atoms in total. The highest BCUT2D eigenvalue weighted by molar-refractivity contribution is 9.11. The lowest BCUT2D eigenvalue weighted by molar-refractivity contribution is -0.142. The molecule has 2 rings (SSSR count). The van der Waals surface area contributed by atoms with Crippen LogP contribution in [-0.2, 0) is 27.4 Å². The number of carbonyl (C=O) groups is 3. The average molecular weight is 475 g/mol. The minimum Gasteiger partial charge on any atom is -0.480 e. The zero-order valence-corrected chi connectivity index (χ0v) is 17.8. The van der Waals surface area contributed by atoms with Crippen LogP contribution in [0.1, 0.15) is 17.5 Å². The third-order valence-corrected chi connectivity index (χ3v) is 4.47. The molecule has 2 aromatic carbocycles. The summed E-state index contributed by atoms with van der Waals surface area (Å²) in [5.74, 6) is -1.83. The van der Waals surface area contributed by atoms with Gasteiger partial charge in [0.1, 0.15) is 18.7 Å². The summed E-state index contributed by atoms with van der Waals surface area (Å²) in [6.07, 6.45) is -0.585. The molecule has 0 aromatic heterocycles. The summed E-state index contributed by atoms with van der Waals surface area (Å²) in [5.41, 5.74) is 1.61. The van der Waals surface area contributed by atoms with Crippen molar-refractivity contribution in [1.29, 1.82) is 0 Å². The molecule has 0 saturated heterocycles. The molecule has 2 amide bonds. The molecule has 0 spiro atoms. The first-order chi connectivity index (χ1) is 14.3. The zero-order chi connectivity index (χ0) is 21.9. The SMILES string of the molecule is C=C(Br)C[C@@H](NC(=O)[C@@H](Cc1ccccc1)NC(=O)OCc1ccccc1)C(=O)O. The van der Waals surface area contributed by atoms with E-state index in [9.17, 15) is 19.5 Å². The molecular formula is C22H23BrN2O5. The van der Waals surface area contributed by atoms with E-state index >= 15 is 0 Å². The van der Waals surface area contributed by atoms with Gasteiger partial charge < -0.3 is 20.5 Å². The number of hydrogen-bond donors (Lipinski definition) is 3. The molecule has 0 aliphatic carbocycles. The van der Waals surface area contributed by atoms with Crippen LogP contribution in [0.4, 0.5) is 4.79 Å². The summed E-state index contributed by atoms with van der Waals surface area (Å²) in [4.78, 5) is 36.5. The number of aliphatic carboxylic acids is 1. The van der Waals surface area contributed by atoms with Gasteiger partial charge in [0.25, 0.3) is 0 Å². The third-order valence-electron chi connectivity index (χ3n) is 4.14. The van der Waals surface area contributed by atoms with Crippen molar-refractivity contribution in [3.05, 3.63) is 82.9 Å². The fraction of sp³-hybridized carbons (Fsp3) is 0.227. The Morgan fingerprint density at radius 1 is 0.933 bits per heavy atom. The van der Waals surface area contributed by atoms with Crippen LogP contribution in [0.15, 0.2) is 71.7 Å². The van der Waals surface area contributed by atoms with Crippen LogP contribution >= 0.6 is 15.9 Å². The maximum absolute atomic E-state index is 12.8. The predicted octanol–water partition coefficient (Wildman–Crippen LogP) is 3.39. The lowest BCUT2D eigenvalue weighted by atomic mass is 10.0. The van der Waals surface area contributed by atoms with E-state index in [0.29, 0.717) is 4.48 Å². The Bertz CT molecular complexity index is 874. The van der Waals surface area contributed by atoms with Crippen LogP contribution in [0.5, 0.6) is 0 Å². The highest BCUT2D eigenvalue weighted by atomic mass is 79.9. The molecule has 30 heavy (non-hydrogen) atoms. The van der Waals surface area contributed by atoms with Crippen molar-refractivity contribution >= 4 is 33.9 Å². The first-order valence-corrected chi connectivity index (χ1v) is 10.0. The number of hydrogen-bond acceptors (Lipinski definition) is 4. The lowest BCUT2D eigenvalue weighted by Crippen LogP contribution is -2.52. The number of rotatable bonds is 10. The van der Waals surface area contributed by atoms with Crippen LogP contribution < -0.4 is 10.6 Å². The average Bonchev–Trinajstić information content (AvgIpc) is 2.72. The molecular weight excluding hydrogens is 452 g/mol. The molecule has 0 radical (unpaired) electrons. The van der Waals surface area contributed by atoms with Gasteiger partial charge in [-0.1, -0.05) is 83.2 Å². The van der Waals surface area contributed by atoms with Gasteiger partial charge in [0.15, 0.2) is 0 Å². The van der Waals surface area contributed by atoms with E-state index in [1.165, 1.54) is 0 Å². The van der Waals surface area contributed by atoms with E-state index in [1.807, 2.05) is 60.7 Å². The third kappa shape index (κ3) is 8.08. The standard InChI is InChI=1S/C22H23BrN2O5/c1-15(23)12-19(21(27)28)24-20(26)18(13-16-8-4-2-5-9-16)25-22(29)30-14-17-10-6-3-7-11-17/h2-11,18-19H,1,12-14H2,(H,24,26)(H,25,29)(H,27,28)/t18-,19-/m1/s1. The number of benzene rings is 2. The van der Waals surface area contributed by atoms with Crippen molar-refractivity contribution in [2.24, 2.45) is 0 Å². The van der Waals surface area contributed by atoms with Crippen molar-refractivity contribution < 1.29 is 24.2 Å². The molecule has 8 heteroatoms. The molecule has 0 fully saturated rings. The van der Waals surface area contributed by atoms with Gasteiger partial charge in [0.05, 0.1) is 0 Å². The van der Waals surface area contributed by atoms with E-state index in [0.717, 1.165) is 11.1 Å². The first-order valence-electron chi connectivity index (χ1n) is 9.22. The number of ether oxygens (including phenoxy) is 1. The molecule has 0 saturated carbocycles. The second-order valence-corrected chi connectivity index (χ2v) is 7.69. The van der Waals surface area contributed by atoms with E-state index < -0.39 is 30.1 Å². The fourth-order valence-corrected chi connectivity index (χ4v) is 2.98. The Hall–Kier alpha value is -3.13. The summed E-state index contributed by atoms with van der Waals surface area (Å²) >= 11 is 3.11. The molecule has 2 atom stereocenters. The van der Waals surface area contributed by atoms with E-state index in [-0.39, 0.29) is 19.4 Å². The smallest absolute Gasteiger partial charge is 0.408 e. The Morgan fingerprint density at radius 3 is 2.03 bits per heavy atom. The lowest BCUT2D eigenvalue weighted by Gasteiger charge is -2.21. The quantitative estimate of drug-likeness (QED) is 0.489. The van der Waals surface area contributed by atoms with E-state index in [2.05, 4.69) is 33.1 Å². The summed E-state index contributed by atoms with van der Waals surface area (Å²) in [6.45, 7) is 3.66. The second-order valence-electron chi connectivity index (χ2n) is 6.57. The van der Waals surface area contributed by atoms with Crippen LogP contribution in [0, 0.1) is 0 Å². The second kappa shape index (κ2) is 11.8. The number of carboxylic acid groups (broad SMARTS) is 1. The van der Waals surface area contributed by atoms with Crippen molar-refractivity contribution in [2.75, 3.05) is 0 Å². The van der Waals surface area contributed by atoms with Gasteiger partial charge in [-0.05, 0) is 15.6 Å². The number of alkyl carbamates (subject to hydrolysis) is 1. The summed E-state index contributed by atoms with van der Waals surface area (Å²) in [5, 5.41) is 14.3. The first kappa shape index (κ1) is 23.2. The predicted molar refractivity (Wildman–Crippen MR) is 116 cm³/mol. The molecule has 0 heterocycles. The minimum absolute atomic E-state index is 0.0115. The summed E-state index contributed by atoms with van der Waals surface area (Å²) in [6, 6.07) is 16.0. The highest BCUT2D eigenvalue weighted by Crippen LogP contribution is 2.11. The van der Waals surface area contributed by atoms with Gasteiger partial charge >= 0.3 is 12.1 Å². The maximum Gasteiger partial charge on any atom is 0.408 e. The number of amides is 2. The van der Waals surface area contributed by atoms with Gasteiger partial charge in [-0.3, -0.25) is 4.79 Å². The zero-order valence-electron chi connectivity index (χ0n) is 16.2. The topological polar surface area (TPSA) is 105 Å². The Kier molecular flexibility index (Phi) is 9.08. The normalized spacial score (nSPS) is 12.3. The van der Waals surface area contributed by atoms with Gasteiger partial charge in [-0.2, -0.15) is 0 Å². The minimum atomic E-state index is -1.20. The Labute approximate surface area is 183 Å². The van der Waals surface area contributed by atoms with Crippen molar-refractivity contribution in [3.63, 3.8) is 0 Å². The largest absolute Gasteiger partial charge is 0.480 e. The highest BCUT2D eigenvalue weighted by Gasteiger charge is 2.27. The van der Waals surface area contributed by atoms with Crippen LogP contribution in [0.2, 0.25) is 0 Å². The Balaban J connectivity index is 2.06. The number of carbonyl (C=O) groups excluding carboxylic acids is 2. The monoisotopic (exact) mass is 474 g/mol. The summed E-state index contributed by atoms with van der Waals surface area (Å²) < 4.78 is 5.63. The van der Waals surface area contributed by atoms with Gasteiger partial charge in [0, 0.05) is 12.8 Å². The van der Waals surface area contributed by atoms with Gasteiger partial charge in [-0.15, -0.1) is 0 Å². The van der Waals surface area contributed by atoms with Crippen molar-refractivity contribution in [1.82, 2.24) is 10.6 Å². The summed E-state index contributed by atoms with van der Waals surface area (Å²) in [7, 11) is 0. The molecule has 0 bridgehead atoms. The number of carboxylic acids is 1. The van der Waals surface area contributed by atoms with Crippen LogP contribution in [0.3, 0.4) is 0 Å². The molecule has 2 aromatic rings. The van der Waals surface area contributed by atoms with Crippen LogP contribution in [0.25, 0.3) is 0 Å². The molecule has 158 valence electrons. The molecule has 0 unspecified atom stereocenters. The van der Waals surface area contributed by atoms with E-state index in [1.54, 1.807) is 0 Å². The number of halogens is 1. The van der Waals surface area contributed by atoms with Crippen molar-refractivity contribution in [3.8, 4) is 0 Å².